The van der Waals surface area contributed by atoms with Crippen LogP contribution in [-0.2, 0) is 9.47 Å². The van der Waals surface area contributed by atoms with Gasteiger partial charge >= 0.3 is 0 Å². The fraction of sp³-hybridized carbons (Fsp3) is 0.941. The van der Waals surface area contributed by atoms with Crippen LogP contribution in [0.25, 0.3) is 0 Å². The van der Waals surface area contributed by atoms with Crippen molar-refractivity contribution < 1.29 is 9.47 Å². The topological polar surface area (TPSA) is 21.7 Å². The van der Waals surface area contributed by atoms with Crippen molar-refractivity contribution in [3.63, 3.8) is 0 Å². The zero-order valence-corrected chi connectivity index (χ0v) is 13.0. The van der Waals surface area contributed by atoms with E-state index in [1.807, 2.05) is 0 Å². The maximum absolute atomic E-state index is 5.93. The molecule has 0 aromatic carbocycles. The molecule has 0 bridgehead atoms. The summed E-state index contributed by atoms with van der Waals surface area (Å²) in [5.74, 6) is 0. The lowest BCUT2D eigenvalue weighted by Crippen LogP contribution is -2.29. The molecule has 2 aliphatic rings. The van der Waals surface area contributed by atoms with Crippen LogP contribution < -0.4 is 0 Å². The summed E-state index contributed by atoms with van der Waals surface area (Å²) < 4.78 is 11.9. The standard InChI is InChI=1S/C17H32NO2/c1-18(12-14-19-16-8-4-2-5-9-16)13-15-20-17-10-6-3-7-11-17/h16-17H,1-15H2. The van der Waals surface area contributed by atoms with E-state index in [4.69, 9.17) is 9.47 Å². The summed E-state index contributed by atoms with van der Waals surface area (Å²) >= 11 is 0. The molecule has 2 fully saturated rings. The molecule has 0 saturated heterocycles. The molecule has 0 aromatic rings. The minimum atomic E-state index is 0.510. The second-order valence-electron chi connectivity index (χ2n) is 6.38. The minimum Gasteiger partial charge on any atom is -0.377 e. The SMILES string of the molecule is [CH2]N(CCOC1CCCCC1)CCOC1CCCCC1. The number of nitrogens with zero attached hydrogens (tertiary/aromatic N) is 1. The molecule has 0 atom stereocenters. The molecular formula is C17H32NO2. The van der Waals surface area contributed by atoms with Crippen LogP contribution in [0.4, 0.5) is 0 Å². The molecule has 2 rings (SSSR count). The van der Waals surface area contributed by atoms with Gasteiger partial charge in [0.25, 0.3) is 0 Å². The van der Waals surface area contributed by atoms with Gasteiger partial charge in [-0.2, -0.15) is 0 Å². The van der Waals surface area contributed by atoms with Crippen LogP contribution in [0.3, 0.4) is 0 Å². The molecule has 0 aliphatic heterocycles. The molecule has 2 aliphatic carbocycles. The monoisotopic (exact) mass is 282 g/mol. The van der Waals surface area contributed by atoms with Crippen molar-refractivity contribution in [2.24, 2.45) is 0 Å². The summed E-state index contributed by atoms with van der Waals surface area (Å²) in [5, 5.41) is 0. The molecule has 1 radical (unpaired) electrons. The number of ether oxygens (including phenoxy) is 2. The Balaban J connectivity index is 1.44. The Hall–Kier alpha value is -0.120. The van der Waals surface area contributed by atoms with Gasteiger partial charge in [0, 0.05) is 20.1 Å². The van der Waals surface area contributed by atoms with Gasteiger partial charge in [-0.3, -0.25) is 4.90 Å². The van der Waals surface area contributed by atoms with Crippen LogP contribution in [0.1, 0.15) is 64.2 Å². The molecule has 0 aromatic heterocycles. The Labute approximate surface area is 125 Å². The summed E-state index contributed by atoms with van der Waals surface area (Å²) in [7, 11) is 4.08. The number of hydrogen-bond donors (Lipinski definition) is 0. The van der Waals surface area contributed by atoms with Crippen molar-refractivity contribution in [3.05, 3.63) is 7.05 Å². The summed E-state index contributed by atoms with van der Waals surface area (Å²) in [4.78, 5) is 2.09. The van der Waals surface area contributed by atoms with E-state index in [1.165, 1.54) is 64.2 Å². The van der Waals surface area contributed by atoms with Gasteiger partial charge in [0.2, 0.25) is 0 Å². The van der Waals surface area contributed by atoms with Crippen LogP contribution in [0.5, 0.6) is 0 Å². The molecule has 0 amide bonds. The first-order valence-electron chi connectivity index (χ1n) is 8.63. The molecule has 0 spiro atoms. The largest absolute Gasteiger partial charge is 0.377 e. The average molecular weight is 282 g/mol. The average Bonchev–Trinajstić information content (AvgIpc) is 2.49. The lowest BCUT2D eigenvalue weighted by atomic mass is 9.98. The smallest absolute Gasteiger partial charge is 0.0597 e. The fourth-order valence-electron chi connectivity index (χ4n) is 3.27. The highest BCUT2D eigenvalue weighted by Gasteiger charge is 2.15. The van der Waals surface area contributed by atoms with Crippen molar-refractivity contribution in [2.45, 2.75) is 76.4 Å². The second kappa shape index (κ2) is 9.75. The van der Waals surface area contributed by atoms with Crippen LogP contribution in [0.2, 0.25) is 0 Å². The second-order valence-corrected chi connectivity index (χ2v) is 6.38. The normalized spacial score (nSPS) is 22.5. The third-order valence-electron chi connectivity index (χ3n) is 4.63. The number of rotatable bonds is 8. The van der Waals surface area contributed by atoms with Crippen LogP contribution >= 0.6 is 0 Å². The highest BCUT2D eigenvalue weighted by atomic mass is 16.5. The van der Waals surface area contributed by atoms with Gasteiger partial charge in [0.15, 0.2) is 0 Å². The van der Waals surface area contributed by atoms with E-state index in [1.54, 1.807) is 0 Å². The summed E-state index contributed by atoms with van der Waals surface area (Å²) in [6.45, 7) is 3.48. The maximum atomic E-state index is 5.93. The minimum absolute atomic E-state index is 0.510. The van der Waals surface area contributed by atoms with Gasteiger partial charge in [0.1, 0.15) is 0 Å². The third-order valence-corrected chi connectivity index (χ3v) is 4.63. The van der Waals surface area contributed by atoms with Gasteiger partial charge in [0.05, 0.1) is 25.4 Å². The van der Waals surface area contributed by atoms with E-state index in [9.17, 15) is 0 Å². The molecule has 3 heteroatoms. The van der Waals surface area contributed by atoms with Crippen molar-refractivity contribution in [2.75, 3.05) is 26.3 Å². The molecular weight excluding hydrogens is 250 g/mol. The van der Waals surface area contributed by atoms with Crippen molar-refractivity contribution in [1.82, 2.24) is 4.90 Å². The highest BCUT2D eigenvalue weighted by molar-refractivity contribution is 4.67. The molecule has 0 heterocycles. The van der Waals surface area contributed by atoms with E-state index in [0.717, 1.165) is 26.3 Å². The van der Waals surface area contributed by atoms with E-state index in [-0.39, 0.29) is 0 Å². The van der Waals surface area contributed by atoms with E-state index in [2.05, 4.69) is 11.9 Å². The predicted molar refractivity (Wildman–Crippen MR) is 82.6 cm³/mol. The Kier molecular flexibility index (Phi) is 7.92. The fourth-order valence-corrected chi connectivity index (χ4v) is 3.27. The Morgan fingerprint density at radius 3 is 1.50 bits per heavy atom. The predicted octanol–water partition coefficient (Wildman–Crippen LogP) is 3.78. The van der Waals surface area contributed by atoms with Gasteiger partial charge in [-0.15, -0.1) is 0 Å². The van der Waals surface area contributed by atoms with E-state index < -0.39 is 0 Å². The third kappa shape index (κ3) is 6.55. The van der Waals surface area contributed by atoms with Crippen LogP contribution in [-0.4, -0.2) is 43.4 Å². The molecule has 20 heavy (non-hydrogen) atoms. The van der Waals surface area contributed by atoms with Gasteiger partial charge in [-0.25, -0.2) is 0 Å². The summed E-state index contributed by atoms with van der Waals surface area (Å²) in [6.07, 6.45) is 14.2. The van der Waals surface area contributed by atoms with Crippen molar-refractivity contribution in [1.29, 1.82) is 0 Å². The van der Waals surface area contributed by atoms with Crippen molar-refractivity contribution >= 4 is 0 Å². The molecule has 117 valence electrons. The zero-order chi connectivity index (χ0) is 14.0. The van der Waals surface area contributed by atoms with Crippen LogP contribution in [0, 0.1) is 7.05 Å². The van der Waals surface area contributed by atoms with Gasteiger partial charge < -0.3 is 9.47 Å². The summed E-state index contributed by atoms with van der Waals surface area (Å²) in [6, 6.07) is 0. The molecule has 2 saturated carbocycles. The lowest BCUT2D eigenvalue weighted by molar-refractivity contribution is 0.00459. The van der Waals surface area contributed by atoms with Crippen molar-refractivity contribution in [3.8, 4) is 0 Å². The van der Waals surface area contributed by atoms with Gasteiger partial charge in [-0.1, -0.05) is 38.5 Å². The number of hydrogen-bond acceptors (Lipinski definition) is 3. The first-order valence-corrected chi connectivity index (χ1v) is 8.63. The lowest BCUT2D eigenvalue weighted by Gasteiger charge is -2.25. The van der Waals surface area contributed by atoms with Crippen LogP contribution in [0.15, 0.2) is 0 Å². The zero-order valence-electron chi connectivity index (χ0n) is 13.0. The van der Waals surface area contributed by atoms with Gasteiger partial charge in [-0.05, 0) is 25.7 Å². The maximum Gasteiger partial charge on any atom is 0.0597 e. The Morgan fingerprint density at radius 1 is 0.700 bits per heavy atom. The molecule has 0 N–H and O–H groups in total. The summed E-state index contributed by atoms with van der Waals surface area (Å²) in [5.41, 5.74) is 0. The highest BCUT2D eigenvalue weighted by Crippen LogP contribution is 2.21. The quantitative estimate of drug-likeness (QED) is 0.676. The Morgan fingerprint density at radius 2 is 1.10 bits per heavy atom. The first-order chi connectivity index (χ1) is 9.84. The molecule has 3 nitrogen and oxygen atoms in total. The first kappa shape index (κ1) is 16.3. The molecule has 0 unspecified atom stereocenters. The van der Waals surface area contributed by atoms with E-state index in [0.29, 0.717) is 12.2 Å². The Bertz CT molecular complexity index is 211. The van der Waals surface area contributed by atoms with E-state index >= 15 is 0 Å².